The second kappa shape index (κ2) is 5.85. The number of nitrogens with zero attached hydrogens (tertiary/aromatic N) is 4. The van der Waals surface area contributed by atoms with E-state index in [1.54, 1.807) is 11.1 Å². The van der Waals surface area contributed by atoms with Crippen molar-refractivity contribution in [2.75, 3.05) is 4.90 Å². The van der Waals surface area contributed by atoms with Crippen molar-refractivity contribution in [2.24, 2.45) is 10.2 Å². The lowest BCUT2D eigenvalue weighted by molar-refractivity contribution is -0.118. The van der Waals surface area contributed by atoms with E-state index in [-0.39, 0.29) is 5.91 Å². The number of hydrogen-bond donors (Lipinski definition) is 0. The molecule has 1 atom stereocenters. The topological polar surface area (TPSA) is 57.9 Å². The molecule has 24 heavy (non-hydrogen) atoms. The van der Waals surface area contributed by atoms with Gasteiger partial charge in [0.25, 0.3) is 0 Å². The summed E-state index contributed by atoms with van der Waals surface area (Å²) in [6.45, 7) is 1.85. The Hall–Kier alpha value is -3.08. The molecule has 2 heterocycles. The quantitative estimate of drug-likeness (QED) is 0.683. The van der Waals surface area contributed by atoms with Crippen LogP contribution in [0.4, 0.5) is 11.4 Å². The third-order valence-electron chi connectivity index (χ3n) is 4.17. The number of hydrogen-bond acceptors (Lipinski definition) is 4. The number of pyridine rings is 1. The van der Waals surface area contributed by atoms with Gasteiger partial charge in [0.15, 0.2) is 6.17 Å². The number of para-hydroxylation sites is 1. The van der Waals surface area contributed by atoms with Crippen molar-refractivity contribution in [3.05, 3.63) is 66.4 Å². The van der Waals surface area contributed by atoms with Gasteiger partial charge < -0.3 is 0 Å². The summed E-state index contributed by atoms with van der Waals surface area (Å²) in [5, 5.41) is 9.78. The lowest BCUT2D eigenvalue weighted by Crippen LogP contribution is -2.35. The van der Waals surface area contributed by atoms with E-state index in [4.69, 9.17) is 0 Å². The average Bonchev–Trinajstić information content (AvgIpc) is 2.67. The first-order valence-corrected chi connectivity index (χ1v) is 7.95. The molecule has 1 unspecified atom stereocenters. The molecule has 1 aliphatic heterocycles. The first-order valence-electron chi connectivity index (χ1n) is 7.95. The highest BCUT2D eigenvalue weighted by Crippen LogP contribution is 2.43. The Balaban J connectivity index is 1.92. The molecule has 0 radical (unpaired) electrons. The van der Waals surface area contributed by atoms with Gasteiger partial charge in [0, 0.05) is 11.8 Å². The zero-order chi connectivity index (χ0) is 16.5. The van der Waals surface area contributed by atoms with Gasteiger partial charge >= 0.3 is 0 Å². The van der Waals surface area contributed by atoms with Crippen molar-refractivity contribution in [3.63, 3.8) is 0 Å². The number of carbonyl (C=O) groups is 1. The standard InChI is InChI=1S/C19H16N4O/c1-2-17(24)23-16-12-20-15-11-7-6-10-14(15)18(16)21-22-19(23)13-8-4-3-5-9-13/h3-12,19H,2H2,1H3. The third-order valence-corrected chi connectivity index (χ3v) is 4.17. The van der Waals surface area contributed by atoms with E-state index in [0.717, 1.165) is 16.5 Å². The summed E-state index contributed by atoms with van der Waals surface area (Å²) in [6, 6.07) is 17.5. The molecule has 1 aromatic heterocycles. The van der Waals surface area contributed by atoms with Crippen molar-refractivity contribution < 1.29 is 4.79 Å². The Morgan fingerprint density at radius 1 is 1.08 bits per heavy atom. The predicted molar refractivity (Wildman–Crippen MR) is 93.2 cm³/mol. The minimum atomic E-state index is -0.450. The predicted octanol–water partition coefficient (Wildman–Crippen LogP) is 4.77. The molecule has 0 aliphatic carbocycles. The molecule has 1 aliphatic rings. The van der Waals surface area contributed by atoms with Crippen molar-refractivity contribution in [3.8, 4) is 0 Å². The van der Waals surface area contributed by atoms with Crippen LogP contribution in [0.3, 0.4) is 0 Å². The fraction of sp³-hybridized carbons (Fsp3) is 0.158. The van der Waals surface area contributed by atoms with E-state index in [1.807, 2.05) is 61.5 Å². The summed E-state index contributed by atoms with van der Waals surface area (Å²) in [4.78, 5) is 18.8. The van der Waals surface area contributed by atoms with E-state index in [1.165, 1.54) is 0 Å². The van der Waals surface area contributed by atoms with Crippen LogP contribution in [0.25, 0.3) is 10.9 Å². The molecule has 0 saturated heterocycles. The summed E-state index contributed by atoms with van der Waals surface area (Å²) >= 11 is 0. The van der Waals surface area contributed by atoms with E-state index < -0.39 is 6.17 Å². The van der Waals surface area contributed by atoms with Gasteiger partial charge in [-0.3, -0.25) is 14.7 Å². The van der Waals surface area contributed by atoms with E-state index in [2.05, 4.69) is 15.2 Å². The average molecular weight is 316 g/mol. The van der Waals surface area contributed by atoms with Crippen molar-refractivity contribution in [2.45, 2.75) is 19.5 Å². The Labute approximate surface area is 139 Å². The third kappa shape index (κ3) is 2.25. The van der Waals surface area contributed by atoms with Crippen LogP contribution in [0.15, 0.2) is 71.0 Å². The number of carbonyl (C=O) groups excluding carboxylic acids is 1. The highest BCUT2D eigenvalue weighted by molar-refractivity contribution is 6.03. The van der Waals surface area contributed by atoms with Crippen LogP contribution in [-0.2, 0) is 4.79 Å². The van der Waals surface area contributed by atoms with Crippen LogP contribution in [0.1, 0.15) is 25.1 Å². The minimum absolute atomic E-state index is 0.000772. The summed E-state index contributed by atoms with van der Waals surface area (Å²) in [5.41, 5.74) is 3.19. The maximum atomic E-state index is 12.6. The molecule has 118 valence electrons. The number of aromatic nitrogens is 1. The summed E-state index contributed by atoms with van der Waals surface area (Å²) in [5.74, 6) is 0.000772. The largest absolute Gasteiger partial charge is 0.280 e. The SMILES string of the molecule is CCC(=O)N1c2cnc3ccccc3c2N=NC1c1ccccc1. The lowest BCUT2D eigenvalue weighted by Gasteiger charge is -2.32. The zero-order valence-electron chi connectivity index (χ0n) is 13.3. The van der Waals surface area contributed by atoms with E-state index in [9.17, 15) is 4.79 Å². The van der Waals surface area contributed by atoms with Gasteiger partial charge in [-0.05, 0) is 11.6 Å². The van der Waals surface area contributed by atoms with Crippen LogP contribution in [0.5, 0.6) is 0 Å². The van der Waals surface area contributed by atoms with Gasteiger partial charge in [-0.2, -0.15) is 10.2 Å². The Morgan fingerprint density at radius 2 is 1.83 bits per heavy atom. The van der Waals surface area contributed by atoms with Gasteiger partial charge in [-0.15, -0.1) is 0 Å². The first-order chi connectivity index (χ1) is 11.8. The van der Waals surface area contributed by atoms with Crippen LogP contribution in [0, 0.1) is 0 Å². The summed E-state index contributed by atoms with van der Waals surface area (Å²) in [6.07, 6.45) is 1.67. The molecule has 3 aromatic rings. The smallest absolute Gasteiger partial charge is 0.228 e. The van der Waals surface area contributed by atoms with Gasteiger partial charge in [-0.1, -0.05) is 55.5 Å². The second-order valence-electron chi connectivity index (χ2n) is 5.63. The molecule has 5 nitrogen and oxygen atoms in total. The highest BCUT2D eigenvalue weighted by Gasteiger charge is 2.31. The Kier molecular flexibility index (Phi) is 3.54. The fourth-order valence-electron chi connectivity index (χ4n) is 2.98. The second-order valence-corrected chi connectivity index (χ2v) is 5.63. The lowest BCUT2D eigenvalue weighted by atomic mass is 10.1. The van der Waals surface area contributed by atoms with E-state index >= 15 is 0 Å². The van der Waals surface area contributed by atoms with Crippen LogP contribution in [0.2, 0.25) is 0 Å². The molecular formula is C19H16N4O. The fourth-order valence-corrected chi connectivity index (χ4v) is 2.98. The molecule has 0 fully saturated rings. The monoisotopic (exact) mass is 316 g/mol. The highest BCUT2D eigenvalue weighted by atomic mass is 16.2. The number of azo groups is 1. The molecule has 2 aromatic carbocycles. The minimum Gasteiger partial charge on any atom is -0.280 e. The normalized spacial score (nSPS) is 16.2. The van der Waals surface area contributed by atoms with Crippen molar-refractivity contribution in [1.82, 2.24) is 4.98 Å². The van der Waals surface area contributed by atoms with Gasteiger partial charge in [0.05, 0.1) is 17.4 Å². The summed E-state index contributed by atoms with van der Waals surface area (Å²) in [7, 11) is 0. The molecule has 4 rings (SSSR count). The number of fused-ring (bicyclic) bond motifs is 3. The molecular weight excluding hydrogens is 300 g/mol. The van der Waals surface area contributed by atoms with Gasteiger partial charge in [0.2, 0.25) is 5.91 Å². The van der Waals surface area contributed by atoms with Crippen molar-refractivity contribution in [1.29, 1.82) is 0 Å². The molecule has 0 bridgehead atoms. The molecule has 1 amide bonds. The van der Waals surface area contributed by atoms with E-state index in [0.29, 0.717) is 17.8 Å². The van der Waals surface area contributed by atoms with Crippen molar-refractivity contribution >= 4 is 28.2 Å². The number of benzene rings is 2. The molecule has 5 heteroatoms. The number of rotatable bonds is 2. The van der Waals surface area contributed by atoms with Gasteiger partial charge in [-0.25, -0.2) is 0 Å². The first kappa shape index (κ1) is 14.5. The maximum Gasteiger partial charge on any atom is 0.228 e. The summed E-state index contributed by atoms with van der Waals surface area (Å²) < 4.78 is 0. The van der Waals surface area contributed by atoms with Crippen LogP contribution in [-0.4, -0.2) is 10.9 Å². The zero-order valence-corrected chi connectivity index (χ0v) is 13.3. The molecule has 0 N–H and O–H groups in total. The Bertz CT molecular complexity index is 937. The Morgan fingerprint density at radius 3 is 2.62 bits per heavy atom. The molecule has 0 saturated carbocycles. The maximum absolute atomic E-state index is 12.6. The van der Waals surface area contributed by atoms with Crippen LogP contribution >= 0.6 is 0 Å². The van der Waals surface area contributed by atoms with Crippen LogP contribution < -0.4 is 4.90 Å². The number of anilines is 1. The van der Waals surface area contributed by atoms with Gasteiger partial charge in [0.1, 0.15) is 5.69 Å². The molecule has 0 spiro atoms. The number of amides is 1.